The van der Waals surface area contributed by atoms with Crippen LogP contribution in [-0.2, 0) is 21.4 Å². The molecule has 0 saturated heterocycles. The highest BCUT2D eigenvalue weighted by molar-refractivity contribution is 7.89. The summed E-state index contributed by atoms with van der Waals surface area (Å²) in [7, 11) is -2.06. The fourth-order valence-electron chi connectivity index (χ4n) is 2.43. The van der Waals surface area contributed by atoms with E-state index < -0.39 is 10.0 Å². The van der Waals surface area contributed by atoms with Gasteiger partial charge in [0.1, 0.15) is 0 Å². The fourth-order valence-corrected chi connectivity index (χ4v) is 4.40. The zero-order chi connectivity index (χ0) is 16.2. The largest absolute Gasteiger partial charge is 0.392 e. The van der Waals surface area contributed by atoms with E-state index in [1.165, 1.54) is 4.31 Å². The topological polar surface area (TPSA) is 66.8 Å². The number of rotatable bonds is 7. The van der Waals surface area contributed by atoms with Crippen molar-refractivity contribution in [3.05, 3.63) is 28.8 Å². The summed E-state index contributed by atoms with van der Waals surface area (Å²) >= 11 is 0. The molecule has 120 valence electrons. The Morgan fingerprint density at radius 2 is 1.95 bits per heavy atom. The zero-order valence-electron chi connectivity index (χ0n) is 13.4. The van der Waals surface area contributed by atoms with E-state index in [2.05, 4.69) is 0 Å². The van der Waals surface area contributed by atoms with Crippen molar-refractivity contribution in [3.8, 4) is 0 Å². The van der Waals surface area contributed by atoms with Crippen molar-refractivity contribution in [2.24, 2.45) is 0 Å². The minimum absolute atomic E-state index is 0.177. The van der Waals surface area contributed by atoms with Gasteiger partial charge in [0, 0.05) is 19.7 Å². The number of methoxy groups -OCH3 is 1. The molecule has 1 rings (SSSR count). The van der Waals surface area contributed by atoms with Gasteiger partial charge < -0.3 is 9.84 Å². The van der Waals surface area contributed by atoms with Crippen molar-refractivity contribution < 1.29 is 18.3 Å². The monoisotopic (exact) mass is 315 g/mol. The molecular weight excluding hydrogens is 290 g/mol. The summed E-state index contributed by atoms with van der Waals surface area (Å²) in [5, 5.41) is 9.30. The van der Waals surface area contributed by atoms with Gasteiger partial charge in [0.25, 0.3) is 0 Å². The molecule has 1 aromatic carbocycles. The second-order valence-corrected chi connectivity index (χ2v) is 7.07. The number of sulfonamides is 1. The summed E-state index contributed by atoms with van der Waals surface area (Å²) in [6.45, 7) is 7.80. The summed E-state index contributed by atoms with van der Waals surface area (Å²) in [5.41, 5.74) is 2.18. The Morgan fingerprint density at radius 1 is 1.33 bits per heavy atom. The van der Waals surface area contributed by atoms with Crippen LogP contribution in [0.2, 0.25) is 0 Å². The number of aliphatic hydroxyl groups excluding tert-OH is 1. The van der Waals surface area contributed by atoms with Gasteiger partial charge in [0.05, 0.1) is 18.1 Å². The second kappa shape index (κ2) is 7.35. The van der Waals surface area contributed by atoms with Crippen molar-refractivity contribution in [2.75, 3.05) is 20.3 Å². The minimum atomic E-state index is -3.62. The number of aliphatic hydroxyl groups is 1. The number of hydrogen-bond acceptors (Lipinski definition) is 4. The van der Waals surface area contributed by atoms with Crippen molar-refractivity contribution in [2.45, 2.75) is 45.2 Å². The molecule has 0 aromatic heterocycles. The molecule has 1 unspecified atom stereocenters. The first-order valence-corrected chi connectivity index (χ1v) is 8.45. The van der Waals surface area contributed by atoms with E-state index in [4.69, 9.17) is 4.74 Å². The second-order valence-electron chi connectivity index (χ2n) is 5.21. The van der Waals surface area contributed by atoms with E-state index in [1.54, 1.807) is 20.1 Å². The SMILES string of the molecule is CCN(C(C)COC)S(=O)(=O)c1cc(CO)cc(C)c1C. The van der Waals surface area contributed by atoms with Crippen LogP contribution in [0.4, 0.5) is 0 Å². The Balaban J connectivity index is 3.38. The number of ether oxygens (including phenoxy) is 1. The number of aryl methyl sites for hydroxylation is 1. The molecule has 1 atom stereocenters. The van der Waals surface area contributed by atoms with E-state index in [0.29, 0.717) is 18.7 Å². The molecule has 21 heavy (non-hydrogen) atoms. The molecular formula is C15H25NO4S. The number of benzene rings is 1. The van der Waals surface area contributed by atoms with Gasteiger partial charge >= 0.3 is 0 Å². The van der Waals surface area contributed by atoms with Crippen molar-refractivity contribution in [1.82, 2.24) is 4.31 Å². The van der Waals surface area contributed by atoms with Crippen LogP contribution in [0.5, 0.6) is 0 Å². The lowest BCUT2D eigenvalue weighted by atomic mass is 10.1. The average Bonchev–Trinajstić information content (AvgIpc) is 2.42. The maximum absolute atomic E-state index is 12.9. The van der Waals surface area contributed by atoms with Crippen molar-refractivity contribution >= 4 is 10.0 Å². The quantitative estimate of drug-likeness (QED) is 0.834. The maximum atomic E-state index is 12.9. The molecule has 0 aliphatic heterocycles. The molecule has 1 aromatic rings. The van der Waals surface area contributed by atoms with Crippen molar-refractivity contribution in [1.29, 1.82) is 0 Å². The molecule has 0 radical (unpaired) electrons. The Kier molecular flexibility index (Phi) is 6.34. The third-order valence-electron chi connectivity index (χ3n) is 3.66. The Labute approximate surface area is 127 Å². The Bertz CT molecular complexity index is 584. The van der Waals surface area contributed by atoms with Crippen LogP contribution in [0, 0.1) is 13.8 Å². The number of likely N-dealkylation sites (N-methyl/N-ethyl adjacent to an activating group) is 1. The van der Waals surface area contributed by atoms with Crippen LogP contribution in [0.15, 0.2) is 17.0 Å². The standard InChI is InChI=1S/C15H25NO4S/c1-6-16(12(3)10-20-5)21(18,19)15-8-14(9-17)7-11(2)13(15)4/h7-8,12,17H,6,9-10H2,1-5H3. The highest BCUT2D eigenvalue weighted by Crippen LogP contribution is 2.25. The first kappa shape index (κ1) is 18.1. The van der Waals surface area contributed by atoms with Gasteiger partial charge in [-0.2, -0.15) is 4.31 Å². The van der Waals surface area contributed by atoms with Crippen LogP contribution in [0.1, 0.15) is 30.5 Å². The van der Waals surface area contributed by atoms with Crippen LogP contribution in [0.25, 0.3) is 0 Å². The van der Waals surface area contributed by atoms with Crippen LogP contribution < -0.4 is 0 Å². The number of hydrogen-bond donors (Lipinski definition) is 1. The van der Waals surface area contributed by atoms with E-state index in [-0.39, 0.29) is 17.5 Å². The molecule has 0 bridgehead atoms. The molecule has 0 amide bonds. The predicted molar refractivity (Wildman–Crippen MR) is 82.7 cm³/mol. The highest BCUT2D eigenvalue weighted by atomic mass is 32.2. The van der Waals surface area contributed by atoms with Crippen molar-refractivity contribution in [3.63, 3.8) is 0 Å². The highest BCUT2D eigenvalue weighted by Gasteiger charge is 2.29. The summed E-state index contributed by atoms with van der Waals surface area (Å²) in [6.07, 6.45) is 0. The summed E-state index contributed by atoms with van der Waals surface area (Å²) < 4.78 is 32.3. The molecule has 0 fully saturated rings. The maximum Gasteiger partial charge on any atom is 0.243 e. The predicted octanol–water partition coefficient (Wildman–Crippen LogP) is 1.84. The van der Waals surface area contributed by atoms with Gasteiger partial charge in [0.2, 0.25) is 10.0 Å². The molecule has 0 spiro atoms. The Hall–Kier alpha value is -0.950. The summed E-state index contributed by atoms with van der Waals surface area (Å²) in [5.74, 6) is 0. The van der Waals surface area contributed by atoms with Gasteiger partial charge in [-0.05, 0) is 43.5 Å². The molecule has 6 heteroatoms. The van der Waals surface area contributed by atoms with E-state index >= 15 is 0 Å². The van der Waals surface area contributed by atoms with Crippen LogP contribution in [0.3, 0.4) is 0 Å². The molecule has 0 aliphatic rings. The van der Waals surface area contributed by atoms with E-state index in [1.807, 2.05) is 26.8 Å². The number of nitrogens with zero attached hydrogens (tertiary/aromatic N) is 1. The van der Waals surface area contributed by atoms with Crippen LogP contribution in [-0.4, -0.2) is 44.1 Å². The summed E-state index contributed by atoms with van der Waals surface area (Å²) in [6, 6.07) is 3.12. The molecule has 5 nitrogen and oxygen atoms in total. The molecule has 0 aliphatic carbocycles. The molecule has 0 saturated carbocycles. The third-order valence-corrected chi connectivity index (χ3v) is 5.88. The Morgan fingerprint density at radius 3 is 2.43 bits per heavy atom. The van der Waals surface area contributed by atoms with E-state index in [9.17, 15) is 13.5 Å². The van der Waals surface area contributed by atoms with Gasteiger partial charge in [-0.15, -0.1) is 0 Å². The first-order chi connectivity index (χ1) is 9.79. The molecule has 0 heterocycles. The van der Waals surface area contributed by atoms with Gasteiger partial charge in [-0.25, -0.2) is 8.42 Å². The summed E-state index contributed by atoms with van der Waals surface area (Å²) in [4.78, 5) is 0.261. The average molecular weight is 315 g/mol. The van der Waals surface area contributed by atoms with Gasteiger partial charge in [-0.3, -0.25) is 0 Å². The normalized spacial score (nSPS) is 13.7. The lowest BCUT2D eigenvalue weighted by molar-refractivity contribution is 0.142. The zero-order valence-corrected chi connectivity index (χ0v) is 14.2. The van der Waals surface area contributed by atoms with Crippen LogP contribution >= 0.6 is 0 Å². The smallest absolute Gasteiger partial charge is 0.243 e. The van der Waals surface area contributed by atoms with E-state index in [0.717, 1.165) is 11.1 Å². The fraction of sp³-hybridized carbons (Fsp3) is 0.600. The lowest BCUT2D eigenvalue weighted by Crippen LogP contribution is -2.41. The minimum Gasteiger partial charge on any atom is -0.392 e. The third kappa shape index (κ3) is 3.83. The molecule has 1 N–H and O–H groups in total. The first-order valence-electron chi connectivity index (χ1n) is 7.01. The van der Waals surface area contributed by atoms with Gasteiger partial charge in [-0.1, -0.05) is 13.0 Å². The lowest BCUT2D eigenvalue weighted by Gasteiger charge is -2.27. The van der Waals surface area contributed by atoms with Gasteiger partial charge in [0.15, 0.2) is 0 Å².